The van der Waals surface area contributed by atoms with Crippen LogP contribution in [-0.2, 0) is 6.42 Å². The molecule has 1 atom stereocenters. The molecular formula is C15H21N5O. The molecule has 1 aliphatic heterocycles. The molecule has 1 fully saturated rings. The van der Waals surface area contributed by atoms with Crippen LogP contribution in [-0.4, -0.2) is 44.4 Å². The average Bonchev–Trinajstić information content (AvgIpc) is 3.03. The number of aryl methyl sites for hydroxylation is 1. The van der Waals surface area contributed by atoms with Crippen molar-refractivity contribution in [2.45, 2.75) is 45.1 Å². The first-order valence-corrected chi connectivity index (χ1v) is 7.67. The highest BCUT2D eigenvalue weighted by Crippen LogP contribution is 2.17. The number of nitrogens with zero attached hydrogens (tertiary/aromatic N) is 5. The van der Waals surface area contributed by atoms with Crippen LogP contribution in [0.2, 0.25) is 0 Å². The van der Waals surface area contributed by atoms with E-state index < -0.39 is 0 Å². The second-order valence-electron chi connectivity index (χ2n) is 5.60. The molecule has 0 unspecified atom stereocenters. The predicted octanol–water partition coefficient (Wildman–Crippen LogP) is 2.33. The minimum absolute atomic E-state index is 0.517. The fourth-order valence-electron chi connectivity index (χ4n) is 2.76. The Bertz CT molecular complexity index is 550. The van der Waals surface area contributed by atoms with Crippen molar-refractivity contribution in [3.05, 3.63) is 24.2 Å². The molecule has 0 spiro atoms. The standard InChI is InChI=1S/C15H21N5O/c1-12(20-10-3-2-4-11-20)7-8-14-17-15(19-21-14)13-6-5-9-16-18-13/h5-6,9,12H,2-4,7-8,10-11H2,1H3/t12-/m0/s1. The predicted molar refractivity (Wildman–Crippen MR) is 78.5 cm³/mol. The maximum atomic E-state index is 5.31. The molecule has 1 saturated heterocycles. The zero-order valence-corrected chi connectivity index (χ0v) is 12.4. The molecule has 0 saturated carbocycles. The normalized spacial score (nSPS) is 17.8. The molecule has 0 aromatic carbocycles. The van der Waals surface area contributed by atoms with Crippen LogP contribution in [0.1, 0.15) is 38.5 Å². The van der Waals surface area contributed by atoms with E-state index in [0.29, 0.717) is 23.5 Å². The zero-order valence-electron chi connectivity index (χ0n) is 12.4. The number of hydrogen-bond donors (Lipinski definition) is 0. The number of likely N-dealkylation sites (tertiary alicyclic amines) is 1. The van der Waals surface area contributed by atoms with Crippen LogP contribution in [0.15, 0.2) is 22.9 Å². The van der Waals surface area contributed by atoms with Gasteiger partial charge in [0.25, 0.3) is 0 Å². The third-order valence-electron chi connectivity index (χ3n) is 4.06. The molecule has 112 valence electrons. The summed E-state index contributed by atoms with van der Waals surface area (Å²) in [6, 6.07) is 4.21. The quantitative estimate of drug-likeness (QED) is 0.840. The Balaban J connectivity index is 1.55. The van der Waals surface area contributed by atoms with Gasteiger partial charge in [0.05, 0.1) is 0 Å². The summed E-state index contributed by atoms with van der Waals surface area (Å²) in [5, 5.41) is 11.8. The van der Waals surface area contributed by atoms with Crippen molar-refractivity contribution >= 4 is 0 Å². The Morgan fingerprint density at radius 1 is 1.29 bits per heavy atom. The molecule has 3 rings (SSSR count). The highest BCUT2D eigenvalue weighted by atomic mass is 16.5. The lowest BCUT2D eigenvalue weighted by Gasteiger charge is -2.32. The van der Waals surface area contributed by atoms with Gasteiger partial charge >= 0.3 is 0 Å². The molecule has 3 heterocycles. The van der Waals surface area contributed by atoms with E-state index in [1.54, 1.807) is 6.20 Å². The van der Waals surface area contributed by atoms with Gasteiger partial charge in [0.15, 0.2) is 0 Å². The molecule has 0 bridgehead atoms. The van der Waals surface area contributed by atoms with Crippen LogP contribution in [0.3, 0.4) is 0 Å². The van der Waals surface area contributed by atoms with Gasteiger partial charge in [-0.25, -0.2) is 0 Å². The van der Waals surface area contributed by atoms with E-state index in [2.05, 4.69) is 32.2 Å². The van der Waals surface area contributed by atoms with Crippen LogP contribution >= 0.6 is 0 Å². The Hall–Kier alpha value is -1.82. The summed E-state index contributed by atoms with van der Waals surface area (Å²) < 4.78 is 5.31. The highest BCUT2D eigenvalue weighted by Gasteiger charge is 2.18. The molecule has 1 aliphatic rings. The monoisotopic (exact) mass is 287 g/mol. The summed E-state index contributed by atoms with van der Waals surface area (Å²) in [5.41, 5.74) is 0.650. The molecule has 2 aromatic rings. The molecule has 0 amide bonds. The highest BCUT2D eigenvalue weighted by molar-refractivity contribution is 5.46. The van der Waals surface area contributed by atoms with Gasteiger partial charge in [-0.2, -0.15) is 10.1 Å². The third kappa shape index (κ3) is 3.64. The van der Waals surface area contributed by atoms with Gasteiger partial charge in [0, 0.05) is 18.7 Å². The van der Waals surface area contributed by atoms with E-state index >= 15 is 0 Å². The number of rotatable bonds is 5. The van der Waals surface area contributed by atoms with Crippen LogP contribution in [0.25, 0.3) is 11.5 Å². The van der Waals surface area contributed by atoms with Crippen molar-refractivity contribution in [2.24, 2.45) is 0 Å². The van der Waals surface area contributed by atoms with Crippen LogP contribution in [0.4, 0.5) is 0 Å². The van der Waals surface area contributed by atoms with Gasteiger partial charge < -0.3 is 9.42 Å². The van der Waals surface area contributed by atoms with Crippen molar-refractivity contribution in [1.82, 2.24) is 25.2 Å². The second-order valence-corrected chi connectivity index (χ2v) is 5.60. The van der Waals surface area contributed by atoms with Crippen molar-refractivity contribution in [3.8, 4) is 11.5 Å². The van der Waals surface area contributed by atoms with E-state index in [9.17, 15) is 0 Å². The smallest absolute Gasteiger partial charge is 0.227 e. The summed E-state index contributed by atoms with van der Waals surface area (Å²) in [6.45, 7) is 4.72. The largest absolute Gasteiger partial charge is 0.339 e. The van der Waals surface area contributed by atoms with E-state index in [1.807, 2.05) is 12.1 Å². The summed E-state index contributed by atoms with van der Waals surface area (Å²) in [6.07, 6.45) is 7.50. The van der Waals surface area contributed by atoms with Gasteiger partial charge in [-0.05, 0) is 51.4 Å². The van der Waals surface area contributed by atoms with Crippen LogP contribution < -0.4 is 0 Å². The minimum atomic E-state index is 0.517. The van der Waals surface area contributed by atoms with Gasteiger partial charge in [-0.3, -0.25) is 0 Å². The van der Waals surface area contributed by atoms with Crippen molar-refractivity contribution in [1.29, 1.82) is 0 Å². The number of piperidine rings is 1. The summed E-state index contributed by atoms with van der Waals surface area (Å²) in [5.74, 6) is 1.20. The lowest BCUT2D eigenvalue weighted by Crippen LogP contribution is -2.37. The number of hydrogen-bond acceptors (Lipinski definition) is 6. The molecule has 6 nitrogen and oxygen atoms in total. The Morgan fingerprint density at radius 2 is 2.14 bits per heavy atom. The molecule has 0 aliphatic carbocycles. The first kappa shape index (κ1) is 14.1. The van der Waals surface area contributed by atoms with Gasteiger partial charge in [-0.15, -0.1) is 5.10 Å². The molecule has 0 N–H and O–H groups in total. The van der Waals surface area contributed by atoms with Crippen LogP contribution in [0.5, 0.6) is 0 Å². The van der Waals surface area contributed by atoms with E-state index in [4.69, 9.17) is 4.52 Å². The maximum Gasteiger partial charge on any atom is 0.227 e. The SMILES string of the molecule is C[C@@H](CCc1nc(-c2cccnn2)no1)N1CCCCC1. The van der Waals surface area contributed by atoms with E-state index in [1.165, 1.54) is 32.4 Å². The average molecular weight is 287 g/mol. The van der Waals surface area contributed by atoms with Crippen molar-refractivity contribution in [3.63, 3.8) is 0 Å². The topological polar surface area (TPSA) is 67.9 Å². The second kappa shape index (κ2) is 6.76. The van der Waals surface area contributed by atoms with Crippen LogP contribution in [0, 0.1) is 0 Å². The van der Waals surface area contributed by atoms with Crippen molar-refractivity contribution in [2.75, 3.05) is 13.1 Å². The lowest BCUT2D eigenvalue weighted by atomic mass is 10.1. The maximum absolute atomic E-state index is 5.31. The summed E-state index contributed by atoms with van der Waals surface area (Å²) in [7, 11) is 0. The van der Waals surface area contributed by atoms with Crippen molar-refractivity contribution < 1.29 is 4.52 Å². The first-order chi connectivity index (χ1) is 10.3. The molecule has 6 heteroatoms. The van der Waals surface area contributed by atoms with E-state index in [0.717, 1.165) is 12.8 Å². The third-order valence-corrected chi connectivity index (χ3v) is 4.06. The molecule has 2 aromatic heterocycles. The number of aromatic nitrogens is 4. The molecular weight excluding hydrogens is 266 g/mol. The molecule has 0 radical (unpaired) electrons. The lowest BCUT2D eigenvalue weighted by molar-refractivity contribution is 0.164. The first-order valence-electron chi connectivity index (χ1n) is 7.67. The Morgan fingerprint density at radius 3 is 2.90 bits per heavy atom. The van der Waals surface area contributed by atoms with Gasteiger partial charge in [0.2, 0.25) is 11.7 Å². The summed E-state index contributed by atoms with van der Waals surface area (Å²) >= 11 is 0. The fraction of sp³-hybridized carbons (Fsp3) is 0.600. The summed E-state index contributed by atoms with van der Waals surface area (Å²) in [4.78, 5) is 6.96. The minimum Gasteiger partial charge on any atom is -0.339 e. The molecule has 21 heavy (non-hydrogen) atoms. The van der Waals surface area contributed by atoms with E-state index in [-0.39, 0.29) is 0 Å². The Kier molecular flexibility index (Phi) is 4.55. The fourth-order valence-corrected chi connectivity index (χ4v) is 2.76. The zero-order chi connectivity index (χ0) is 14.5. The Labute approximate surface area is 124 Å². The van der Waals surface area contributed by atoms with Gasteiger partial charge in [-0.1, -0.05) is 11.6 Å². The van der Waals surface area contributed by atoms with Gasteiger partial charge in [0.1, 0.15) is 5.69 Å².